The average molecular weight is 397 g/mol. The van der Waals surface area contributed by atoms with E-state index in [1.165, 1.54) is 11.1 Å². The van der Waals surface area contributed by atoms with Gasteiger partial charge >= 0.3 is 0 Å². The number of rotatable bonds is 6. The molecule has 150 valence electrons. The van der Waals surface area contributed by atoms with Crippen LogP contribution in [0.1, 0.15) is 11.1 Å². The van der Waals surface area contributed by atoms with Gasteiger partial charge in [-0.3, -0.25) is 4.90 Å². The van der Waals surface area contributed by atoms with Gasteiger partial charge in [0.2, 0.25) is 5.89 Å². The summed E-state index contributed by atoms with van der Waals surface area (Å²) in [5.41, 5.74) is 4.62. The highest BCUT2D eigenvalue weighted by Gasteiger charge is 2.17. The van der Waals surface area contributed by atoms with Crippen molar-refractivity contribution < 1.29 is 4.42 Å². The summed E-state index contributed by atoms with van der Waals surface area (Å²) in [5, 5.41) is 11.9. The van der Waals surface area contributed by atoms with Crippen molar-refractivity contribution in [1.29, 1.82) is 0 Å². The van der Waals surface area contributed by atoms with Gasteiger partial charge in [0.15, 0.2) is 0 Å². The number of nitrogens with zero attached hydrogens (tertiary/aromatic N) is 4. The molecule has 5 rings (SSSR count). The van der Waals surface area contributed by atoms with Gasteiger partial charge in [0.25, 0.3) is 5.89 Å². The zero-order chi connectivity index (χ0) is 20.2. The summed E-state index contributed by atoms with van der Waals surface area (Å²) in [6, 6.07) is 22.3. The lowest BCUT2D eigenvalue weighted by Crippen LogP contribution is -2.34. The van der Waals surface area contributed by atoms with Gasteiger partial charge in [0.05, 0.1) is 5.56 Å². The topological polar surface area (TPSA) is 67.1 Å². The fourth-order valence-electron chi connectivity index (χ4n) is 3.83. The quantitative estimate of drug-likeness (QED) is 0.524. The Bertz CT molecular complexity index is 1130. The van der Waals surface area contributed by atoms with Crippen molar-refractivity contribution >= 4 is 5.82 Å². The molecular formula is C24H23N5O. The zero-order valence-electron chi connectivity index (χ0n) is 16.7. The molecule has 2 aromatic carbocycles. The number of pyridine rings is 1. The Morgan fingerprint density at radius 3 is 2.57 bits per heavy atom. The SMILES string of the molecule is c1ccc(-c2nnc(-c3cccnc3NCCN3CCc4ccccc4C3)o2)cc1. The van der Waals surface area contributed by atoms with Crippen molar-refractivity contribution in [3.63, 3.8) is 0 Å². The highest BCUT2D eigenvalue weighted by Crippen LogP contribution is 2.28. The molecule has 0 spiro atoms. The van der Waals surface area contributed by atoms with E-state index in [9.17, 15) is 0 Å². The number of fused-ring (bicyclic) bond motifs is 1. The largest absolute Gasteiger partial charge is 0.416 e. The molecule has 0 aliphatic carbocycles. The first-order valence-electron chi connectivity index (χ1n) is 10.2. The first kappa shape index (κ1) is 18.5. The summed E-state index contributed by atoms with van der Waals surface area (Å²) in [7, 11) is 0. The first-order chi connectivity index (χ1) is 14.9. The van der Waals surface area contributed by atoms with Gasteiger partial charge in [-0.1, -0.05) is 42.5 Å². The molecule has 0 fully saturated rings. The van der Waals surface area contributed by atoms with Crippen molar-refractivity contribution in [2.75, 3.05) is 25.0 Å². The van der Waals surface area contributed by atoms with Crippen LogP contribution in [0.4, 0.5) is 5.82 Å². The molecule has 0 saturated heterocycles. The molecule has 6 heteroatoms. The lowest BCUT2D eigenvalue weighted by molar-refractivity contribution is 0.264. The van der Waals surface area contributed by atoms with Crippen molar-refractivity contribution in [2.24, 2.45) is 0 Å². The molecule has 30 heavy (non-hydrogen) atoms. The van der Waals surface area contributed by atoms with Crippen LogP contribution < -0.4 is 5.32 Å². The average Bonchev–Trinajstić information content (AvgIpc) is 3.30. The van der Waals surface area contributed by atoms with Crippen molar-refractivity contribution in [3.05, 3.63) is 84.1 Å². The Labute approximate surface area is 175 Å². The van der Waals surface area contributed by atoms with E-state index in [1.807, 2.05) is 42.5 Å². The Morgan fingerprint density at radius 2 is 1.67 bits per heavy atom. The minimum atomic E-state index is 0.469. The molecule has 2 aromatic heterocycles. The van der Waals surface area contributed by atoms with Gasteiger partial charge in [-0.05, 0) is 41.8 Å². The molecular weight excluding hydrogens is 374 g/mol. The zero-order valence-corrected chi connectivity index (χ0v) is 16.7. The van der Waals surface area contributed by atoms with E-state index < -0.39 is 0 Å². The monoisotopic (exact) mass is 397 g/mol. The lowest BCUT2D eigenvalue weighted by atomic mass is 10.00. The van der Waals surface area contributed by atoms with E-state index in [0.717, 1.165) is 49.5 Å². The van der Waals surface area contributed by atoms with Crippen LogP contribution in [-0.4, -0.2) is 39.7 Å². The van der Waals surface area contributed by atoms with Crippen LogP contribution in [0, 0.1) is 0 Å². The molecule has 3 heterocycles. The highest BCUT2D eigenvalue weighted by atomic mass is 16.4. The molecule has 0 radical (unpaired) electrons. The summed E-state index contributed by atoms with van der Waals surface area (Å²) in [5.74, 6) is 1.74. The fraction of sp³-hybridized carbons (Fsp3) is 0.208. The van der Waals surface area contributed by atoms with Crippen molar-refractivity contribution in [1.82, 2.24) is 20.1 Å². The van der Waals surface area contributed by atoms with Gasteiger partial charge in [-0.15, -0.1) is 10.2 Å². The summed E-state index contributed by atoms with van der Waals surface area (Å²) >= 11 is 0. The van der Waals surface area contributed by atoms with Crippen molar-refractivity contribution in [2.45, 2.75) is 13.0 Å². The van der Waals surface area contributed by atoms with E-state index >= 15 is 0 Å². The number of hydrogen-bond donors (Lipinski definition) is 1. The van der Waals surface area contributed by atoms with E-state index in [4.69, 9.17) is 4.42 Å². The molecule has 1 aliphatic heterocycles. The van der Waals surface area contributed by atoms with Crippen LogP contribution in [0.25, 0.3) is 22.9 Å². The maximum Gasteiger partial charge on any atom is 0.251 e. The molecule has 6 nitrogen and oxygen atoms in total. The summed E-state index contributed by atoms with van der Waals surface area (Å²) < 4.78 is 5.92. The molecule has 0 atom stereocenters. The molecule has 1 N–H and O–H groups in total. The van der Waals surface area contributed by atoms with Crippen LogP contribution in [0.5, 0.6) is 0 Å². The minimum Gasteiger partial charge on any atom is -0.416 e. The predicted molar refractivity (Wildman–Crippen MR) is 117 cm³/mol. The number of aromatic nitrogens is 3. The summed E-state index contributed by atoms with van der Waals surface area (Å²) in [6.45, 7) is 3.82. The summed E-state index contributed by atoms with van der Waals surface area (Å²) in [6.07, 6.45) is 2.88. The van der Waals surface area contributed by atoms with E-state index in [2.05, 4.69) is 49.7 Å². The van der Waals surface area contributed by atoms with Gasteiger partial charge in [-0.25, -0.2) is 4.98 Å². The van der Waals surface area contributed by atoms with E-state index in [1.54, 1.807) is 6.20 Å². The van der Waals surface area contributed by atoms with Gasteiger partial charge in [0.1, 0.15) is 5.82 Å². The molecule has 0 unspecified atom stereocenters. The fourth-order valence-corrected chi connectivity index (χ4v) is 3.83. The normalized spacial score (nSPS) is 13.7. The Balaban J connectivity index is 1.25. The third-order valence-electron chi connectivity index (χ3n) is 5.41. The van der Waals surface area contributed by atoms with E-state index in [0.29, 0.717) is 11.8 Å². The standard InChI is InChI=1S/C24H23N5O/c1-2-8-19(9-3-1)23-27-28-24(30-23)21-11-6-13-25-22(21)26-14-16-29-15-12-18-7-4-5-10-20(18)17-29/h1-11,13H,12,14-17H2,(H,25,26). The summed E-state index contributed by atoms with van der Waals surface area (Å²) in [4.78, 5) is 6.97. The van der Waals surface area contributed by atoms with Crippen LogP contribution in [-0.2, 0) is 13.0 Å². The van der Waals surface area contributed by atoms with Crippen molar-refractivity contribution in [3.8, 4) is 22.9 Å². The number of hydrogen-bond acceptors (Lipinski definition) is 6. The van der Waals surface area contributed by atoms with Gasteiger partial charge in [-0.2, -0.15) is 0 Å². The first-order valence-corrected chi connectivity index (χ1v) is 10.2. The Hall–Kier alpha value is -3.51. The van der Waals surface area contributed by atoms with Crippen LogP contribution in [0.3, 0.4) is 0 Å². The maximum absolute atomic E-state index is 5.92. The number of anilines is 1. The van der Waals surface area contributed by atoms with Gasteiger partial charge in [0, 0.05) is 37.9 Å². The lowest BCUT2D eigenvalue weighted by Gasteiger charge is -2.28. The molecule has 0 amide bonds. The third-order valence-corrected chi connectivity index (χ3v) is 5.41. The molecule has 4 aromatic rings. The number of nitrogens with one attached hydrogen (secondary N) is 1. The third kappa shape index (κ3) is 3.95. The predicted octanol–water partition coefficient (Wildman–Crippen LogP) is 4.27. The smallest absolute Gasteiger partial charge is 0.251 e. The van der Waals surface area contributed by atoms with Crippen LogP contribution >= 0.6 is 0 Å². The molecule has 0 bridgehead atoms. The highest BCUT2D eigenvalue weighted by molar-refractivity contribution is 5.69. The Morgan fingerprint density at radius 1 is 0.867 bits per heavy atom. The minimum absolute atomic E-state index is 0.469. The second-order valence-electron chi connectivity index (χ2n) is 7.40. The van der Waals surface area contributed by atoms with Crippen LogP contribution in [0.15, 0.2) is 77.3 Å². The van der Waals surface area contributed by atoms with Crippen LogP contribution in [0.2, 0.25) is 0 Å². The molecule has 0 saturated carbocycles. The number of benzene rings is 2. The van der Waals surface area contributed by atoms with Gasteiger partial charge < -0.3 is 9.73 Å². The maximum atomic E-state index is 5.92. The van der Waals surface area contributed by atoms with E-state index in [-0.39, 0.29) is 0 Å². The Kier molecular flexibility index (Phi) is 5.23. The second kappa shape index (κ2) is 8.47. The second-order valence-corrected chi connectivity index (χ2v) is 7.40. The molecule has 1 aliphatic rings.